The van der Waals surface area contributed by atoms with Gasteiger partial charge in [-0.25, -0.2) is 5.43 Å². The Labute approximate surface area is 161 Å². The van der Waals surface area contributed by atoms with Gasteiger partial charge in [0.25, 0.3) is 5.91 Å². The summed E-state index contributed by atoms with van der Waals surface area (Å²) in [5.41, 5.74) is 4.28. The number of aryl methyl sites for hydroxylation is 1. The maximum atomic E-state index is 12.1. The van der Waals surface area contributed by atoms with Crippen LogP contribution in [0.3, 0.4) is 0 Å². The molecule has 0 aliphatic rings. The first-order valence-electron chi connectivity index (χ1n) is 8.09. The third kappa shape index (κ3) is 5.23. The predicted octanol–water partition coefficient (Wildman–Crippen LogP) is 3.64. The molecule has 2 aromatic rings. The van der Waals surface area contributed by atoms with E-state index in [0.29, 0.717) is 21.5 Å². The zero-order valence-corrected chi connectivity index (χ0v) is 16.4. The summed E-state index contributed by atoms with van der Waals surface area (Å²) in [6.07, 6.45) is 1.71. The van der Waals surface area contributed by atoms with E-state index in [1.807, 2.05) is 24.3 Å². The molecule has 0 aliphatic heterocycles. The fraction of sp³-hybridized carbons (Fsp3) is 0.263. The minimum Gasteiger partial charge on any atom is -0.503 e. The highest BCUT2D eigenvalue weighted by molar-refractivity contribution is 9.10. The van der Waals surface area contributed by atoms with Crippen molar-refractivity contribution in [1.82, 2.24) is 5.43 Å². The Morgan fingerprint density at radius 2 is 2.04 bits per heavy atom. The van der Waals surface area contributed by atoms with Gasteiger partial charge >= 0.3 is 0 Å². The van der Waals surface area contributed by atoms with Crippen LogP contribution in [-0.2, 0) is 11.2 Å². The van der Waals surface area contributed by atoms with Crippen LogP contribution in [0.1, 0.15) is 25.0 Å². The molecule has 7 heteroatoms. The van der Waals surface area contributed by atoms with Gasteiger partial charge in [0.15, 0.2) is 17.6 Å². The molecular formula is C19H21BrN2O4. The van der Waals surface area contributed by atoms with Crippen LogP contribution in [0, 0.1) is 0 Å². The van der Waals surface area contributed by atoms with Crippen LogP contribution in [0.15, 0.2) is 46.0 Å². The molecule has 0 saturated carbocycles. The number of aromatic hydroxyl groups is 1. The van der Waals surface area contributed by atoms with E-state index in [1.165, 1.54) is 18.9 Å². The number of phenols is 1. The Morgan fingerprint density at radius 1 is 1.35 bits per heavy atom. The summed E-state index contributed by atoms with van der Waals surface area (Å²) in [4.78, 5) is 12.1. The normalized spacial score (nSPS) is 12.0. The number of nitrogens with zero attached hydrogens (tertiary/aromatic N) is 1. The molecule has 0 aromatic heterocycles. The number of benzene rings is 2. The molecule has 138 valence electrons. The van der Waals surface area contributed by atoms with Gasteiger partial charge in [0.05, 0.1) is 17.8 Å². The maximum absolute atomic E-state index is 12.1. The quantitative estimate of drug-likeness (QED) is 0.529. The van der Waals surface area contributed by atoms with Gasteiger partial charge in [0.1, 0.15) is 5.75 Å². The molecule has 6 nitrogen and oxygen atoms in total. The van der Waals surface area contributed by atoms with E-state index in [1.54, 1.807) is 19.1 Å². The van der Waals surface area contributed by atoms with Gasteiger partial charge in [-0.1, -0.05) is 19.1 Å². The highest BCUT2D eigenvalue weighted by atomic mass is 79.9. The molecule has 2 rings (SSSR count). The number of rotatable bonds is 7. The summed E-state index contributed by atoms with van der Waals surface area (Å²) < 4.78 is 11.1. The molecule has 0 radical (unpaired) electrons. The van der Waals surface area contributed by atoms with Crippen molar-refractivity contribution in [1.29, 1.82) is 0 Å². The molecule has 0 aliphatic carbocycles. The third-order valence-corrected chi connectivity index (χ3v) is 4.28. The van der Waals surface area contributed by atoms with Crippen LogP contribution < -0.4 is 14.9 Å². The molecule has 0 spiro atoms. The topological polar surface area (TPSA) is 80.2 Å². The molecule has 2 N–H and O–H groups in total. The van der Waals surface area contributed by atoms with Crippen molar-refractivity contribution >= 4 is 28.1 Å². The summed E-state index contributed by atoms with van der Waals surface area (Å²) in [7, 11) is 1.45. The van der Waals surface area contributed by atoms with Crippen LogP contribution in [0.2, 0.25) is 0 Å². The average Bonchev–Trinajstić information content (AvgIpc) is 2.64. The van der Waals surface area contributed by atoms with Crippen LogP contribution >= 0.6 is 15.9 Å². The second-order valence-corrected chi connectivity index (χ2v) is 6.40. The third-order valence-electron chi connectivity index (χ3n) is 3.67. The van der Waals surface area contributed by atoms with Crippen molar-refractivity contribution in [2.75, 3.05) is 7.11 Å². The lowest BCUT2D eigenvalue weighted by Gasteiger charge is -2.13. The van der Waals surface area contributed by atoms with Gasteiger partial charge in [-0.3, -0.25) is 4.79 Å². The number of methoxy groups -OCH3 is 1. The number of carbonyl (C=O) groups is 1. The van der Waals surface area contributed by atoms with Gasteiger partial charge in [0.2, 0.25) is 0 Å². The largest absolute Gasteiger partial charge is 0.503 e. The van der Waals surface area contributed by atoms with Crippen LogP contribution in [0.25, 0.3) is 0 Å². The Hall–Kier alpha value is -2.54. The number of phenolic OH excluding ortho intramolecular Hbond substituents is 1. The highest BCUT2D eigenvalue weighted by Gasteiger charge is 2.14. The molecule has 26 heavy (non-hydrogen) atoms. The standard InChI is InChI=1S/C19H21BrN2O4/c1-4-13-5-7-15(8-6-13)26-12(2)19(24)22-21-11-14-9-16(20)18(23)17(10-14)25-3/h5-12,23H,4H2,1-3H3,(H,22,24). The van der Waals surface area contributed by atoms with E-state index in [0.717, 1.165) is 6.42 Å². The number of ether oxygens (including phenoxy) is 2. The number of carbonyl (C=O) groups excluding carboxylic acids is 1. The summed E-state index contributed by atoms with van der Waals surface area (Å²) in [6, 6.07) is 10.9. The fourth-order valence-electron chi connectivity index (χ4n) is 2.15. The van der Waals surface area contributed by atoms with E-state index < -0.39 is 6.10 Å². The molecule has 0 saturated heterocycles. The van der Waals surface area contributed by atoms with Crippen molar-refractivity contribution in [3.05, 3.63) is 52.0 Å². The minimum absolute atomic E-state index is 0.00444. The second kappa shape index (κ2) is 9.24. The first-order valence-corrected chi connectivity index (χ1v) is 8.89. The average molecular weight is 421 g/mol. The van der Waals surface area contributed by atoms with E-state index in [9.17, 15) is 9.90 Å². The molecule has 2 aromatic carbocycles. The number of hydrogen-bond acceptors (Lipinski definition) is 5. The van der Waals surface area contributed by atoms with Crippen molar-refractivity contribution in [2.45, 2.75) is 26.4 Å². The number of nitrogens with one attached hydrogen (secondary N) is 1. The van der Waals surface area contributed by atoms with Gasteiger partial charge in [-0.2, -0.15) is 5.10 Å². The van der Waals surface area contributed by atoms with Gasteiger partial charge < -0.3 is 14.6 Å². The van der Waals surface area contributed by atoms with Crippen molar-refractivity contribution in [3.8, 4) is 17.2 Å². The highest BCUT2D eigenvalue weighted by Crippen LogP contribution is 2.34. The van der Waals surface area contributed by atoms with Gasteiger partial charge in [-0.05, 0) is 64.7 Å². The Balaban J connectivity index is 1.94. The fourth-order valence-corrected chi connectivity index (χ4v) is 2.61. The molecule has 0 fully saturated rings. The monoisotopic (exact) mass is 420 g/mol. The lowest BCUT2D eigenvalue weighted by atomic mass is 10.2. The van der Waals surface area contributed by atoms with Crippen LogP contribution in [0.4, 0.5) is 0 Å². The van der Waals surface area contributed by atoms with Gasteiger partial charge in [0, 0.05) is 0 Å². The van der Waals surface area contributed by atoms with E-state index >= 15 is 0 Å². The van der Waals surface area contributed by atoms with Crippen molar-refractivity contribution < 1.29 is 19.4 Å². The van der Waals surface area contributed by atoms with Crippen molar-refractivity contribution in [3.63, 3.8) is 0 Å². The summed E-state index contributed by atoms with van der Waals surface area (Å²) >= 11 is 3.23. The Kier molecular flexibility index (Phi) is 7.03. The van der Waals surface area contributed by atoms with Crippen LogP contribution in [-0.4, -0.2) is 30.4 Å². The Bertz CT molecular complexity index is 791. The van der Waals surface area contributed by atoms with E-state index in [-0.39, 0.29) is 11.7 Å². The number of amides is 1. The van der Waals surface area contributed by atoms with Crippen LogP contribution in [0.5, 0.6) is 17.2 Å². The lowest BCUT2D eigenvalue weighted by molar-refractivity contribution is -0.127. The maximum Gasteiger partial charge on any atom is 0.280 e. The zero-order valence-electron chi connectivity index (χ0n) is 14.8. The second-order valence-electron chi connectivity index (χ2n) is 5.55. The number of halogens is 1. The molecular weight excluding hydrogens is 400 g/mol. The van der Waals surface area contributed by atoms with Gasteiger partial charge in [-0.15, -0.1) is 0 Å². The smallest absolute Gasteiger partial charge is 0.280 e. The first-order chi connectivity index (χ1) is 12.4. The van der Waals surface area contributed by atoms with E-state index in [4.69, 9.17) is 9.47 Å². The first kappa shape index (κ1) is 19.8. The summed E-state index contributed by atoms with van der Waals surface area (Å²) in [5, 5.41) is 13.7. The molecule has 1 atom stereocenters. The van der Waals surface area contributed by atoms with E-state index in [2.05, 4.69) is 33.4 Å². The SMILES string of the molecule is CCc1ccc(OC(C)C(=O)NN=Cc2cc(Br)c(O)c(OC)c2)cc1. The number of hydrazone groups is 1. The molecule has 0 heterocycles. The summed E-state index contributed by atoms with van der Waals surface area (Å²) in [6.45, 7) is 3.73. The molecule has 0 bridgehead atoms. The predicted molar refractivity (Wildman–Crippen MR) is 104 cm³/mol. The summed E-state index contributed by atoms with van der Waals surface area (Å²) in [5.74, 6) is 0.566. The van der Waals surface area contributed by atoms with Crippen molar-refractivity contribution in [2.24, 2.45) is 5.10 Å². The lowest BCUT2D eigenvalue weighted by Crippen LogP contribution is -2.33. The Morgan fingerprint density at radius 3 is 2.65 bits per heavy atom. The molecule has 1 unspecified atom stereocenters. The number of hydrogen-bond donors (Lipinski definition) is 2. The molecule has 1 amide bonds. The zero-order chi connectivity index (χ0) is 19.1. The minimum atomic E-state index is -0.694.